The number of piperidine rings is 1. The summed E-state index contributed by atoms with van der Waals surface area (Å²) in [6.45, 7) is 1.46. The molecular formula is C19H20BrN3O4. The highest BCUT2D eigenvalue weighted by atomic mass is 79.9. The lowest BCUT2D eigenvalue weighted by Gasteiger charge is -2.40. The summed E-state index contributed by atoms with van der Waals surface area (Å²) in [6, 6.07) is 6.05. The molecule has 2 aliphatic rings. The molecule has 1 saturated heterocycles. The van der Waals surface area contributed by atoms with Crippen molar-refractivity contribution in [3.8, 4) is 0 Å². The summed E-state index contributed by atoms with van der Waals surface area (Å²) in [6.07, 6.45) is 4.65. The van der Waals surface area contributed by atoms with Crippen LogP contribution in [0.4, 0.5) is 5.69 Å². The van der Waals surface area contributed by atoms with E-state index in [4.69, 9.17) is 4.74 Å². The maximum atomic E-state index is 13.0. The van der Waals surface area contributed by atoms with Gasteiger partial charge in [-0.15, -0.1) is 0 Å². The van der Waals surface area contributed by atoms with E-state index >= 15 is 0 Å². The number of aromatic nitrogens is 1. The second-order valence-corrected chi connectivity index (χ2v) is 8.19. The quantitative estimate of drug-likeness (QED) is 0.416. The summed E-state index contributed by atoms with van der Waals surface area (Å²) in [4.78, 5) is 31.0. The van der Waals surface area contributed by atoms with E-state index in [1.165, 1.54) is 26.1 Å². The molecule has 2 heterocycles. The van der Waals surface area contributed by atoms with Crippen LogP contribution in [0.15, 0.2) is 28.9 Å². The van der Waals surface area contributed by atoms with Crippen LogP contribution in [-0.2, 0) is 14.9 Å². The second kappa shape index (κ2) is 6.83. The molecule has 7 nitrogen and oxygen atoms in total. The van der Waals surface area contributed by atoms with Gasteiger partial charge in [-0.2, -0.15) is 0 Å². The number of ether oxygens (including phenoxy) is 1. The maximum Gasteiger partial charge on any atom is 0.316 e. The van der Waals surface area contributed by atoms with Crippen molar-refractivity contribution in [2.45, 2.75) is 37.1 Å². The highest BCUT2D eigenvalue weighted by Gasteiger charge is 2.50. The van der Waals surface area contributed by atoms with Crippen molar-refractivity contribution >= 4 is 38.5 Å². The lowest BCUT2D eigenvalue weighted by molar-refractivity contribution is -0.386. The summed E-state index contributed by atoms with van der Waals surface area (Å²) in [7, 11) is 1.35. The molecule has 1 aliphatic carbocycles. The molecule has 8 heteroatoms. The number of methoxy groups -OCH3 is 1. The molecule has 0 atom stereocenters. The van der Waals surface area contributed by atoms with Crippen LogP contribution in [0.1, 0.15) is 31.2 Å². The Hall–Kier alpha value is -2.06. The first-order chi connectivity index (χ1) is 13.0. The average Bonchev–Trinajstić information content (AvgIpc) is 3.51. The third-order valence-corrected chi connectivity index (χ3v) is 6.27. The Morgan fingerprint density at radius 1 is 1.37 bits per heavy atom. The Kier molecular flexibility index (Phi) is 4.63. The van der Waals surface area contributed by atoms with Gasteiger partial charge in [0.05, 0.1) is 23.1 Å². The first kappa shape index (κ1) is 18.3. The molecule has 1 aromatic carbocycles. The number of hydrogen-bond acceptors (Lipinski definition) is 6. The number of nitro groups is 1. The fourth-order valence-corrected chi connectivity index (χ4v) is 4.62. The number of likely N-dealkylation sites (tertiary alicyclic amines) is 1. The molecule has 0 amide bonds. The summed E-state index contributed by atoms with van der Waals surface area (Å²) in [5.41, 5.74) is -0.0940. The molecule has 0 N–H and O–H groups in total. The molecule has 2 aromatic rings. The molecule has 1 aliphatic heterocycles. The summed E-state index contributed by atoms with van der Waals surface area (Å²) >= 11 is 3.44. The Bertz CT molecular complexity index is 921. The van der Waals surface area contributed by atoms with Gasteiger partial charge in [0.1, 0.15) is 11.6 Å². The Morgan fingerprint density at radius 2 is 2.07 bits per heavy atom. The highest BCUT2D eigenvalue weighted by Crippen LogP contribution is 2.46. The van der Waals surface area contributed by atoms with E-state index in [1.807, 2.05) is 12.1 Å². The second-order valence-electron chi connectivity index (χ2n) is 7.28. The molecule has 2 fully saturated rings. The predicted molar refractivity (Wildman–Crippen MR) is 104 cm³/mol. The molecule has 0 bridgehead atoms. The number of rotatable bonds is 4. The number of carbonyl (C=O) groups excluding carboxylic acids is 1. The third kappa shape index (κ3) is 3.10. The zero-order valence-electron chi connectivity index (χ0n) is 15.0. The van der Waals surface area contributed by atoms with Gasteiger partial charge in [0.15, 0.2) is 0 Å². The summed E-state index contributed by atoms with van der Waals surface area (Å²) < 4.78 is 5.95. The van der Waals surface area contributed by atoms with Gasteiger partial charge in [0.25, 0.3) is 5.69 Å². The van der Waals surface area contributed by atoms with Gasteiger partial charge in [-0.3, -0.25) is 14.9 Å². The monoisotopic (exact) mass is 433 g/mol. The van der Waals surface area contributed by atoms with Gasteiger partial charge in [-0.25, -0.2) is 4.98 Å². The van der Waals surface area contributed by atoms with Gasteiger partial charge in [-0.05, 0) is 57.0 Å². The van der Waals surface area contributed by atoms with Crippen LogP contribution >= 0.6 is 15.9 Å². The van der Waals surface area contributed by atoms with E-state index in [0.29, 0.717) is 35.3 Å². The van der Waals surface area contributed by atoms with Crippen molar-refractivity contribution in [1.29, 1.82) is 0 Å². The van der Waals surface area contributed by atoms with E-state index in [0.717, 1.165) is 17.6 Å². The van der Waals surface area contributed by atoms with E-state index in [9.17, 15) is 14.9 Å². The first-order valence-electron chi connectivity index (χ1n) is 9.02. The van der Waals surface area contributed by atoms with Crippen LogP contribution in [0, 0.1) is 10.1 Å². The number of halogens is 1. The number of carbonyl (C=O) groups is 1. The molecule has 0 radical (unpaired) electrons. The number of nitrogens with zero attached hydrogens (tertiary/aromatic N) is 3. The Labute approximate surface area is 165 Å². The van der Waals surface area contributed by atoms with Crippen molar-refractivity contribution in [3.05, 3.63) is 44.5 Å². The normalized spacial score (nSPS) is 19.8. The summed E-state index contributed by atoms with van der Waals surface area (Å²) in [5.74, 6) is -0.409. The maximum absolute atomic E-state index is 13.0. The van der Waals surface area contributed by atoms with E-state index in [1.54, 1.807) is 6.07 Å². The molecule has 142 valence electrons. The number of pyridine rings is 1. The molecule has 0 unspecified atom stereocenters. The van der Waals surface area contributed by atoms with Crippen LogP contribution in [0.5, 0.6) is 0 Å². The van der Waals surface area contributed by atoms with Gasteiger partial charge in [0.2, 0.25) is 0 Å². The zero-order valence-corrected chi connectivity index (χ0v) is 16.6. The fraction of sp³-hybridized carbons (Fsp3) is 0.474. The first-order valence-corrected chi connectivity index (χ1v) is 9.81. The molecule has 27 heavy (non-hydrogen) atoms. The number of fused-ring (bicyclic) bond motifs is 1. The van der Waals surface area contributed by atoms with Crippen molar-refractivity contribution in [2.75, 3.05) is 20.2 Å². The Balaban J connectivity index is 1.92. The molecule has 1 aromatic heterocycles. The van der Waals surface area contributed by atoms with Crippen molar-refractivity contribution < 1.29 is 14.5 Å². The fourth-order valence-electron chi connectivity index (χ4n) is 4.26. The number of benzene rings is 1. The van der Waals surface area contributed by atoms with Crippen LogP contribution in [-0.4, -0.2) is 47.0 Å². The smallest absolute Gasteiger partial charge is 0.316 e. The molecule has 1 saturated carbocycles. The number of esters is 1. The highest BCUT2D eigenvalue weighted by molar-refractivity contribution is 9.10. The molecular weight excluding hydrogens is 414 g/mol. The van der Waals surface area contributed by atoms with Crippen LogP contribution in [0.3, 0.4) is 0 Å². The predicted octanol–water partition coefficient (Wildman–Crippen LogP) is 3.57. The standard InChI is InChI=1S/C19H20BrN3O4/c1-27-18(24)19(6-8-22(9-7-19)13-3-4-13)17-14-10-12(20)2-5-15(14)21-11-16(17)23(25)26/h2,5,10-11,13H,3-4,6-9H2,1H3. The SMILES string of the molecule is COC(=O)C1(c2c([N+](=O)[O-])cnc3ccc(Br)cc23)CCN(C2CC2)CC1. The van der Waals surface area contributed by atoms with E-state index in [-0.39, 0.29) is 5.69 Å². The van der Waals surface area contributed by atoms with Gasteiger partial charge >= 0.3 is 5.97 Å². The molecule has 4 rings (SSSR count). The average molecular weight is 434 g/mol. The Morgan fingerprint density at radius 3 is 2.67 bits per heavy atom. The van der Waals surface area contributed by atoms with Crippen molar-refractivity contribution in [3.63, 3.8) is 0 Å². The summed E-state index contributed by atoms with van der Waals surface area (Å²) in [5, 5.41) is 12.4. The van der Waals surface area contributed by atoms with E-state index < -0.39 is 16.3 Å². The minimum Gasteiger partial charge on any atom is -0.468 e. The minimum atomic E-state index is -1.04. The lowest BCUT2D eigenvalue weighted by Crippen LogP contribution is -2.48. The zero-order chi connectivity index (χ0) is 19.2. The minimum absolute atomic E-state index is 0.120. The van der Waals surface area contributed by atoms with Crippen LogP contribution < -0.4 is 0 Å². The van der Waals surface area contributed by atoms with Gasteiger partial charge < -0.3 is 9.64 Å². The van der Waals surface area contributed by atoms with Crippen molar-refractivity contribution in [2.24, 2.45) is 0 Å². The van der Waals surface area contributed by atoms with E-state index in [2.05, 4.69) is 25.8 Å². The lowest BCUT2D eigenvalue weighted by atomic mass is 9.71. The van der Waals surface area contributed by atoms with Crippen LogP contribution in [0.25, 0.3) is 10.9 Å². The van der Waals surface area contributed by atoms with Gasteiger partial charge in [-0.1, -0.05) is 15.9 Å². The third-order valence-electron chi connectivity index (χ3n) is 5.78. The van der Waals surface area contributed by atoms with Gasteiger partial charge in [0, 0.05) is 15.9 Å². The van der Waals surface area contributed by atoms with Crippen LogP contribution in [0.2, 0.25) is 0 Å². The van der Waals surface area contributed by atoms with Crippen molar-refractivity contribution in [1.82, 2.24) is 9.88 Å². The molecule has 0 spiro atoms. The number of hydrogen-bond donors (Lipinski definition) is 0. The largest absolute Gasteiger partial charge is 0.468 e. The topological polar surface area (TPSA) is 85.6 Å².